The Labute approximate surface area is 132 Å². The fourth-order valence-corrected chi connectivity index (χ4v) is 2.96. The number of amides is 1. The highest BCUT2D eigenvalue weighted by Gasteiger charge is 2.24. The van der Waals surface area contributed by atoms with Crippen LogP contribution in [-0.2, 0) is 22.5 Å². The number of rotatable bonds is 3. The minimum absolute atomic E-state index is 0. The van der Waals surface area contributed by atoms with Crippen molar-refractivity contribution in [2.75, 3.05) is 19.8 Å². The van der Waals surface area contributed by atoms with Gasteiger partial charge >= 0.3 is 0 Å². The molecule has 1 atom stereocenters. The molecule has 2 N–H and O–H groups in total. The number of nitrogens with one attached hydrogen (secondary N) is 2. The molecule has 0 saturated carbocycles. The van der Waals surface area contributed by atoms with E-state index in [2.05, 4.69) is 22.8 Å². The first kappa shape index (κ1) is 16.3. The van der Waals surface area contributed by atoms with Crippen LogP contribution in [0.5, 0.6) is 0 Å². The zero-order valence-corrected chi connectivity index (χ0v) is 13.0. The minimum Gasteiger partial charge on any atom is -0.381 e. The number of hydrogen-bond donors (Lipinski definition) is 2. The van der Waals surface area contributed by atoms with Crippen LogP contribution in [0.25, 0.3) is 0 Å². The van der Waals surface area contributed by atoms with Gasteiger partial charge in [-0.25, -0.2) is 0 Å². The Morgan fingerprint density at radius 3 is 2.71 bits per heavy atom. The van der Waals surface area contributed by atoms with Gasteiger partial charge in [0, 0.05) is 26.3 Å². The van der Waals surface area contributed by atoms with Gasteiger partial charge in [0.25, 0.3) is 0 Å². The van der Waals surface area contributed by atoms with E-state index in [4.69, 9.17) is 4.74 Å². The molecule has 3 rings (SSSR count). The van der Waals surface area contributed by atoms with E-state index in [1.807, 2.05) is 12.1 Å². The Bertz CT molecular complexity index is 475. The standard InChI is InChI=1S/C16H22N2O2.ClH/c19-16(18-10-12-5-7-20-8-6-12)15-9-13-3-1-2-4-14(13)11-17-15;/h1-4,12,15,17H,5-11H2,(H,18,19);1H. The Morgan fingerprint density at radius 1 is 1.24 bits per heavy atom. The molecule has 2 aliphatic heterocycles. The summed E-state index contributed by atoms with van der Waals surface area (Å²) in [6.45, 7) is 3.22. The molecule has 2 aliphatic rings. The Kier molecular flexibility index (Phi) is 6.03. The summed E-state index contributed by atoms with van der Waals surface area (Å²) in [5.41, 5.74) is 2.60. The maximum atomic E-state index is 12.2. The van der Waals surface area contributed by atoms with E-state index >= 15 is 0 Å². The fraction of sp³-hybridized carbons (Fsp3) is 0.562. The molecule has 0 aromatic heterocycles. The third kappa shape index (κ3) is 4.19. The molecule has 1 amide bonds. The molecule has 0 bridgehead atoms. The highest BCUT2D eigenvalue weighted by molar-refractivity contribution is 5.85. The molecule has 1 fully saturated rings. The molecule has 2 heterocycles. The van der Waals surface area contributed by atoms with Gasteiger partial charge in [-0.3, -0.25) is 4.79 Å². The number of hydrogen-bond acceptors (Lipinski definition) is 3. The van der Waals surface area contributed by atoms with Gasteiger partial charge in [-0.2, -0.15) is 0 Å². The van der Waals surface area contributed by atoms with Gasteiger partial charge in [-0.1, -0.05) is 24.3 Å². The molecular formula is C16H23ClN2O2. The Hall–Kier alpha value is -1.10. The van der Waals surface area contributed by atoms with Crippen LogP contribution in [0.15, 0.2) is 24.3 Å². The van der Waals surface area contributed by atoms with Crippen LogP contribution >= 0.6 is 12.4 Å². The second-order valence-electron chi connectivity index (χ2n) is 5.71. The molecule has 1 aromatic rings. The molecule has 21 heavy (non-hydrogen) atoms. The summed E-state index contributed by atoms with van der Waals surface area (Å²) in [5, 5.41) is 6.42. The second-order valence-corrected chi connectivity index (χ2v) is 5.71. The molecule has 5 heteroatoms. The third-order valence-corrected chi connectivity index (χ3v) is 4.30. The predicted molar refractivity (Wildman–Crippen MR) is 84.6 cm³/mol. The topological polar surface area (TPSA) is 50.4 Å². The zero-order valence-electron chi connectivity index (χ0n) is 12.1. The third-order valence-electron chi connectivity index (χ3n) is 4.30. The van der Waals surface area contributed by atoms with E-state index < -0.39 is 0 Å². The van der Waals surface area contributed by atoms with Crippen molar-refractivity contribution in [3.05, 3.63) is 35.4 Å². The van der Waals surface area contributed by atoms with Crippen molar-refractivity contribution in [1.82, 2.24) is 10.6 Å². The van der Waals surface area contributed by atoms with E-state index in [9.17, 15) is 4.79 Å². The van der Waals surface area contributed by atoms with Crippen molar-refractivity contribution in [1.29, 1.82) is 0 Å². The van der Waals surface area contributed by atoms with Crippen LogP contribution in [0.3, 0.4) is 0 Å². The molecule has 1 unspecified atom stereocenters. The van der Waals surface area contributed by atoms with E-state index in [0.717, 1.165) is 45.6 Å². The lowest BCUT2D eigenvalue weighted by molar-refractivity contribution is -0.123. The number of halogens is 1. The molecule has 0 aliphatic carbocycles. The maximum absolute atomic E-state index is 12.2. The molecule has 1 aromatic carbocycles. The first-order chi connectivity index (χ1) is 9.83. The molecule has 4 nitrogen and oxygen atoms in total. The van der Waals surface area contributed by atoms with Gasteiger partial charge in [-0.15, -0.1) is 12.4 Å². The Morgan fingerprint density at radius 2 is 1.95 bits per heavy atom. The molecule has 116 valence electrons. The van der Waals surface area contributed by atoms with Gasteiger partial charge in [0.15, 0.2) is 0 Å². The van der Waals surface area contributed by atoms with Gasteiger partial charge in [-0.05, 0) is 36.3 Å². The highest BCUT2D eigenvalue weighted by Crippen LogP contribution is 2.17. The first-order valence-electron chi connectivity index (χ1n) is 7.48. The molecular weight excluding hydrogens is 288 g/mol. The zero-order chi connectivity index (χ0) is 13.8. The smallest absolute Gasteiger partial charge is 0.237 e. The quantitative estimate of drug-likeness (QED) is 0.893. The summed E-state index contributed by atoms with van der Waals surface area (Å²) in [7, 11) is 0. The predicted octanol–water partition coefficient (Wildman–Crippen LogP) is 1.67. The maximum Gasteiger partial charge on any atom is 0.237 e. The summed E-state index contributed by atoms with van der Waals surface area (Å²) < 4.78 is 5.34. The number of carbonyl (C=O) groups excluding carboxylic acids is 1. The van der Waals surface area contributed by atoms with Crippen molar-refractivity contribution < 1.29 is 9.53 Å². The lowest BCUT2D eigenvalue weighted by atomic mass is 9.95. The number of fused-ring (bicyclic) bond motifs is 1. The van der Waals surface area contributed by atoms with Crippen LogP contribution in [-0.4, -0.2) is 31.7 Å². The van der Waals surface area contributed by atoms with Gasteiger partial charge in [0.05, 0.1) is 6.04 Å². The minimum atomic E-state index is -0.0928. The summed E-state index contributed by atoms with van der Waals surface area (Å²) >= 11 is 0. The summed E-state index contributed by atoms with van der Waals surface area (Å²) in [6, 6.07) is 8.24. The van der Waals surface area contributed by atoms with Crippen molar-refractivity contribution in [2.24, 2.45) is 5.92 Å². The van der Waals surface area contributed by atoms with E-state index in [0.29, 0.717) is 5.92 Å². The van der Waals surface area contributed by atoms with Crippen LogP contribution in [0.1, 0.15) is 24.0 Å². The normalized spacial score (nSPS) is 22.0. The van der Waals surface area contributed by atoms with Crippen molar-refractivity contribution in [2.45, 2.75) is 31.8 Å². The summed E-state index contributed by atoms with van der Waals surface area (Å²) in [4.78, 5) is 12.2. The summed E-state index contributed by atoms with van der Waals surface area (Å²) in [6.07, 6.45) is 2.90. The fourth-order valence-electron chi connectivity index (χ4n) is 2.96. The van der Waals surface area contributed by atoms with Crippen molar-refractivity contribution >= 4 is 18.3 Å². The number of benzene rings is 1. The molecule has 0 spiro atoms. The monoisotopic (exact) mass is 310 g/mol. The number of ether oxygens (including phenoxy) is 1. The van der Waals surface area contributed by atoms with Gasteiger partial charge < -0.3 is 15.4 Å². The second kappa shape index (κ2) is 7.78. The van der Waals surface area contributed by atoms with E-state index in [1.54, 1.807) is 0 Å². The van der Waals surface area contributed by atoms with Crippen LogP contribution < -0.4 is 10.6 Å². The largest absolute Gasteiger partial charge is 0.381 e. The van der Waals surface area contributed by atoms with Crippen LogP contribution in [0.2, 0.25) is 0 Å². The highest BCUT2D eigenvalue weighted by atomic mass is 35.5. The van der Waals surface area contributed by atoms with Crippen LogP contribution in [0, 0.1) is 5.92 Å². The SMILES string of the molecule is Cl.O=C(NCC1CCOCC1)C1Cc2ccccc2CN1. The van der Waals surface area contributed by atoms with E-state index in [-0.39, 0.29) is 24.4 Å². The Balaban J connectivity index is 0.00000161. The molecule has 1 saturated heterocycles. The van der Waals surface area contributed by atoms with Crippen molar-refractivity contribution in [3.63, 3.8) is 0 Å². The van der Waals surface area contributed by atoms with Crippen molar-refractivity contribution in [3.8, 4) is 0 Å². The lowest BCUT2D eigenvalue weighted by Crippen LogP contribution is -2.48. The van der Waals surface area contributed by atoms with Gasteiger partial charge in [0.1, 0.15) is 0 Å². The van der Waals surface area contributed by atoms with Gasteiger partial charge in [0.2, 0.25) is 5.91 Å². The average Bonchev–Trinajstić information content (AvgIpc) is 2.53. The lowest BCUT2D eigenvalue weighted by Gasteiger charge is -2.27. The summed E-state index contributed by atoms with van der Waals surface area (Å²) in [5.74, 6) is 0.703. The average molecular weight is 311 g/mol. The van der Waals surface area contributed by atoms with Crippen LogP contribution in [0.4, 0.5) is 0 Å². The number of carbonyl (C=O) groups is 1. The molecule has 0 radical (unpaired) electrons. The first-order valence-corrected chi connectivity index (χ1v) is 7.48. The van der Waals surface area contributed by atoms with E-state index in [1.165, 1.54) is 11.1 Å².